The molecule has 3 rings (SSSR count). The van der Waals surface area contributed by atoms with Crippen molar-refractivity contribution in [2.24, 2.45) is 0 Å². The first-order valence-corrected chi connectivity index (χ1v) is 9.29. The minimum atomic E-state index is -4.06. The number of benzene rings is 1. The van der Waals surface area contributed by atoms with Gasteiger partial charge >= 0.3 is 0 Å². The fraction of sp³-hybridized carbons (Fsp3) is 0.533. The second kappa shape index (κ2) is 6.73. The monoisotopic (exact) mass is 359 g/mol. The van der Waals surface area contributed by atoms with Gasteiger partial charge in [0.05, 0.1) is 6.54 Å². The van der Waals surface area contributed by atoms with Crippen molar-refractivity contribution in [1.82, 2.24) is 14.5 Å². The summed E-state index contributed by atoms with van der Waals surface area (Å²) in [6.45, 7) is 1.83. The molecule has 1 amide bonds. The molecule has 0 spiro atoms. The van der Waals surface area contributed by atoms with Gasteiger partial charge < -0.3 is 10.2 Å². The van der Waals surface area contributed by atoms with Crippen LogP contribution in [0.1, 0.15) is 12.8 Å². The van der Waals surface area contributed by atoms with E-state index in [0.717, 1.165) is 12.1 Å². The smallest absolute Gasteiger partial charge is 0.246 e. The van der Waals surface area contributed by atoms with E-state index in [1.807, 2.05) is 0 Å². The standard InChI is InChI=1S/C15H19F2N3O3S/c16-11-3-4-14(13(17)8-11)24(22,23)19-6-1-2-12(10-19)20-7-5-18-9-15(20)21/h3-4,8,12,18H,1-2,5-7,9-10H2. The zero-order valence-electron chi connectivity index (χ0n) is 13.0. The highest BCUT2D eigenvalue weighted by Crippen LogP contribution is 2.25. The van der Waals surface area contributed by atoms with Crippen molar-refractivity contribution in [3.8, 4) is 0 Å². The largest absolute Gasteiger partial charge is 0.336 e. The highest BCUT2D eigenvalue weighted by molar-refractivity contribution is 7.89. The van der Waals surface area contributed by atoms with Gasteiger partial charge in [0.25, 0.3) is 0 Å². The van der Waals surface area contributed by atoms with Crippen molar-refractivity contribution in [2.75, 3.05) is 32.7 Å². The van der Waals surface area contributed by atoms with Crippen molar-refractivity contribution in [2.45, 2.75) is 23.8 Å². The summed E-state index contributed by atoms with van der Waals surface area (Å²) in [7, 11) is -4.06. The summed E-state index contributed by atoms with van der Waals surface area (Å²) >= 11 is 0. The van der Waals surface area contributed by atoms with Crippen LogP contribution in [0, 0.1) is 11.6 Å². The first kappa shape index (κ1) is 17.2. The number of hydrogen-bond acceptors (Lipinski definition) is 4. The predicted octanol–water partition coefficient (Wildman–Crippen LogP) is 0.550. The van der Waals surface area contributed by atoms with Gasteiger partial charge in [0.2, 0.25) is 15.9 Å². The number of nitrogens with one attached hydrogen (secondary N) is 1. The van der Waals surface area contributed by atoms with Gasteiger partial charge in [0.1, 0.15) is 16.5 Å². The molecule has 1 unspecified atom stereocenters. The summed E-state index contributed by atoms with van der Waals surface area (Å²) in [5.74, 6) is -1.98. The van der Waals surface area contributed by atoms with Crippen LogP contribution in [-0.2, 0) is 14.8 Å². The Labute approximate surface area is 139 Å². The maximum Gasteiger partial charge on any atom is 0.246 e. The highest BCUT2D eigenvalue weighted by atomic mass is 32.2. The third-order valence-corrected chi connectivity index (χ3v) is 6.34. The molecule has 1 aromatic carbocycles. The Kier molecular flexibility index (Phi) is 4.84. The topological polar surface area (TPSA) is 69.7 Å². The molecule has 1 N–H and O–H groups in total. The number of rotatable bonds is 3. The van der Waals surface area contributed by atoms with E-state index in [0.29, 0.717) is 32.0 Å². The Morgan fingerprint density at radius 2 is 2.00 bits per heavy atom. The van der Waals surface area contributed by atoms with Gasteiger partial charge in [-0.2, -0.15) is 4.31 Å². The molecule has 9 heteroatoms. The van der Waals surface area contributed by atoms with Crippen molar-refractivity contribution in [1.29, 1.82) is 0 Å². The molecule has 0 bridgehead atoms. The number of carbonyl (C=O) groups is 1. The molecule has 2 aliphatic rings. The number of piperazine rings is 1. The maximum atomic E-state index is 13.9. The van der Waals surface area contributed by atoms with Gasteiger partial charge in [-0.05, 0) is 25.0 Å². The lowest BCUT2D eigenvalue weighted by atomic mass is 10.1. The Hall–Kier alpha value is -1.58. The molecule has 0 aromatic heterocycles. The fourth-order valence-electron chi connectivity index (χ4n) is 3.22. The molecule has 6 nitrogen and oxygen atoms in total. The summed E-state index contributed by atoms with van der Waals surface area (Å²) in [6, 6.07) is 2.22. The van der Waals surface area contributed by atoms with E-state index >= 15 is 0 Å². The molecule has 2 saturated heterocycles. The van der Waals surface area contributed by atoms with Crippen LogP contribution >= 0.6 is 0 Å². The number of amides is 1. The SMILES string of the molecule is O=C1CNCCN1C1CCCN(S(=O)(=O)c2ccc(F)cc2F)C1. The van der Waals surface area contributed by atoms with Crippen LogP contribution in [0.25, 0.3) is 0 Å². The highest BCUT2D eigenvalue weighted by Gasteiger charge is 2.36. The first-order valence-electron chi connectivity index (χ1n) is 7.85. The second-order valence-corrected chi connectivity index (χ2v) is 7.90. The lowest BCUT2D eigenvalue weighted by Crippen LogP contribution is -2.57. The lowest BCUT2D eigenvalue weighted by Gasteiger charge is -2.40. The number of nitrogens with zero attached hydrogens (tertiary/aromatic N) is 2. The van der Waals surface area contributed by atoms with Gasteiger partial charge in [0.15, 0.2) is 0 Å². The number of sulfonamides is 1. The Morgan fingerprint density at radius 1 is 1.21 bits per heavy atom. The minimum Gasteiger partial charge on any atom is -0.336 e. The van der Waals surface area contributed by atoms with Crippen LogP contribution < -0.4 is 5.32 Å². The van der Waals surface area contributed by atoms with Crippen LogP contribution in [0.15, 0.2) is 23.1 Å². The van der Waals surface area contributed by atoms with Crippen molar-refractivity contribution < 1.29 is 22.0 Å². The molecular weight excluding hydrogens is 340 g/mol. The number of halogens is 2. The van der Waals surface area contributed by atoms with Gasteiger partial charge in [-0.25, -0.2) is 17.2 Å². The summed E-state index contributed by atoms with van der Waals surface area (Å²) in [5.41, 5.74) is 0. The third-order valence-electron chi connectivity index (χ3n) is 4.44. The molecule has 0 saturated carbocycles. The molecule has 1 aromatic rings. The average Bonchev–Trinajstić information content (AvgIpc) is 2.55. The Balaban J connectivity index is 1.82. The molecule has 2 heterocycles. The maximum absolute atomic E-state index is 13.9. The van der Waals surface area contributed by atoms with Crippen LogP contribution in [0.5, 0.6) is 0 Å². The van der Waals surface area contributed by atoms with Crippen LogP contribution in [0.2, 0.25) is 0 Å². The number of carbonyl (C=O) groups excluding carboxylic acids is 1. The van der Waals surface area contributed by atoms with E-state index in [4.69, 9.17) is 0 Å². The summed E-state index contributed by atoms with van der Waals surface area (Å²) in [4.78, 5) is 13.2. The summed E-state index contributed by atoms with van der Waals surface area (Å²) in [5, 5.41) is 2.98. The predicted molar refractivity (Wildman–Crippen MR) is 82.7 cm³/mol. The van der Waals surface area contributed by atoms with Gasteiger partial charge in [-0.3, -0.25) is 4.79 Å². The second-order valence-electron chi connectivity index (χ2n) is 6.00. The van der Waals surface area contributed by atoms with E-state index in [9.17, 15) is 22.0 Å². The normalized spacial score (nSPS) is 23.5. The molecule has 2 fully saturated rings. The minimum absolute atomic E-state index is 0.0570. The van der Waals surface area contributed by atoms with E-state index in [1.54, 1.807) is 4.90 Å². The van der Waals surface area contributed by atoms with Crippen molar-refractivity contribution >= 4 is 15.9 Å². The van der Waals surface area contributed by atoms with E-state index in [2.05, 4.69) is 5.32 Å². The molecule has 0 radical (unpaired) electrons. The summed E-state index contributed by atoms with van der Waals surface area (Å²) in [6.07, 6.45) is 1.30. The molecule has 1 atom stereocenters. The lowest BCUT2D eigenvalue weighted by molar-refractivity contribution is -0.135. The molecule has 0 aliphatic carbocycles. The molecular formula is C15H19F2N3O3S. The number of piperidine rings is 1. The zero-order valence-corrected chi connectivity index (χ0v) is 13.9. The van der Waals surface area contributed by atoms with E-state index in [-0.39, 0.29) is 31.6 Å². The fourth-order valence-corrected chi connectivity index (χ4v) is 4.79. The Morgan fingerprint density at radius 3 is 2.71 bits per heavy atom. The van der Waals surface area contributed by atoms with Crippen molar-refractivity contribution in [3.05, 3.63) is 29.8 Å². The Bertz CT molecular complexity index is 741. The average molecular weight is 359 g/mol. The molecule has 2 aliphatic heterocycles. The van der Waals surface area contributed by atoms with Gasteiger partial charge in [-0.1, -0.05) is 0 Å². The molecule has 24 heavy (non-hydrogen) atoms. The summed E-state index contributed by atoms with van der Waals surface area (Å²) < 4.78 is 53.5. The van der Waals surface area contributed by atoms with Crippen LogP contribution in [0.3, 0.4) is 0 Å². The van der Waals surface area contributed by atoms with Crippen molar-refractivity contribution in [3.63, 3.8) is 0 Å². The van der Waals surface area contributed by atoms with Crippen LogP contribution in [0.4, 0.5) is 8.78 Å². The third kappa shape index (κ3) is 3.28. The quantitative estimate of drug-likeness (QED) is 0.856. The van der Waals surface area contributed by atoms with Crippen LogP contribution in [-0.4, -0.2) is 62.3 Å². The first-order chi connectivity index (χ1) is 11.4. The zero-order chi connectivity index (χ0) is 17.3. The van der Waals surface area contributed by atoms with E-state index in [1.165, 1.54) is 4.31 Å². The number of hydrogen-bond donors (Lipinski definition) is 1. The van der Waals surface area contributed by atoms with E-state index < -0.39 is 26.6 Å². The molecule has 132 valence electrons. The van der Waals surface area contributed by atoms with Gasteiger partial charge in [0, 0.05) is 38.3 Å². The van der Waals surface area contributed by atoms with Gasteiger partial charge in [-0.15, -0.1) is 0 Å².